The van der Waals surface area contributed by atoms with E-state index >= 15 is 0 Å². The van der Waals surface area contributed by atoms with Gasteiger partial charge in [0, 0.05) is 12.1 Å². The van der Waals surface area contributed by atoms with E-state index in [2.05, 4.69) is 15.3 Å². The van der Waals surface area contributed by atoms with Crippen molar-refractivity contribution in [3.05, 3.63) is 76.2 Å². The number of methoxy groups -OCH3 is 1. The van der Waals surface area contributed by atoms with Crippen LogP contribution < -0.4 is 15.6 Å². The van der Waals surface area contributed by atoms with Crippen molar-refractivity contribution >= 4 is 22.5 Å². The van der Waals surface area contributed by atoms with Crippen LogP contribution in [0.1, 0.15) is 22.3 Å². The lowest BCUT2D eigenvalue weighted by Crippen LogP contribution is -2.28. The van der Waals surface area contributed by atoms with Gasteiger partial charge in [-0.25, -0.2) is 4.52 Å². The van der Waals surface area contributed by atoms with Crippen LogP contribution in [0.15, 0.2) is 59.5 Å². The Morgan fingerprint density at radius 1 is 1.06 bits per heavy atom. The number of aromatic nitrogens is 3. The summed E-state index contributed by atoms with van der Waals surface area (Å²) in [6.07, 6.45) is 2.47. The summed E-state index contributed by atoms with van der Waals surface area (Å²) in [7, 11) is 5.63. The maximum atomic E-state index is 13.3. The van der Waals surface area contributed by atoms with Crippen LogP contribution >= 0.6 is 0 Å². The molecule has 0 saturated heterocycles. The Labute approximate surface area is 186 Å². The normalized spacial score (nSPS) is 11.4. The molecule has 2 aromatic carbocycles. The van der Waals surface area contributed by atoms with Crippen LogP contribution in [0, 0.1) is 0 Å². The lowest BCUT2D eigenvalue weighted by molar-refractivity contribution is 0.0952. The fraction of sp³-hybridized carbons (Fsp3) is 0.292. The molecule has 4 rings (SSSR count). The molecule has 0 aliphatic carbocycles. The first-order chi connectivity index (χ1) is 15.5. The molecule has 0 radical (unpaired) electrons. The van der Waals surface area contributed by atoms with Gasteiger partial charge in [-0.3, -0.25) is 9.59 Å². The topological polar surface area (TPSA) is 80.9 Å². The van der Waals surface area contributed by atoms with Gasteiger partial charge < -0.3 is 19.5 Å². The SMILES string of the molecule is COc1ccc(Cn2c(=O)c3ccnn3c3ccc(C(=O)NCCCN(C)C)cc32)cc1. The van der Waals surface area contributed by atoms with Crippen LogP contribution in [0.2, 0.25) is 0 Å². The van der Waals surface area contributed by atoms with Gasteiger partial charge in [-0.1, -0.05) is 12.1 Å². The van der Waals surface area contributed by atoms with Gasteiger partial charge in [-0.05, 0) is 69.0 Å². The number of nitrogens with zero attached hydrogens (tertiary/aromatic N) is 4. The van der Waals surface area contributed by atoms with E-state index in [1.54, 1.807) is 40.6 Å². The fourth-order valence-electron chi connectivity index (χ4n) is 3.73. The number of benzene rings is 2. The molecule has 0 spiro atoms. The molecule has 1 N–H and O–H groups in total. The second-order valence-electron chi connectivity index (χ2n) is 7.98. The number of hydrogen-bond acceptors (Lipinski definition) is 5. The smallest absolute Gasteiger partial charge is 0.277 e. The minimum atomic E-state index is -0.158. The van der Waals surface area contributed by atoms with Crippen LogP contribution in [-0.2, 0) is 6.54 Å². The van der Waals surface area contributed by atoms with E-state index in [1.807, 2.05) is 44.4 Å². The van der Waals surface area contributed by atoms with Gasteiger partial charge in [0.2, 0.25) is 0 Å². The fourth-order valence-corrected chi connectivity index (χ4v) is 3.73. The highest BCUT2D eigenvalue weighted by molar-refractivity contribution is 5.97. The van der Waals surface area contributed by atoms with Crippen LogP contribution in [0.4, 0.5) is 0 Å². The molecule has 2 aromatic heterocycles. The molecule has 0 unspecified atom stereocenters. The van der Waals surface area contributed by atoms with Crippen LogP contribution in [0.3, 0.4) is 0 Å². The van der Waals surface area contributed by atoms with Crippen LogP contribution in [0.25, 0.3) is 16.6 Å². The van der Waals surface area contributed by atoms with Crippen molar-refractivity contribution in [2.24, 2.45) is 0 Å². The molecule has 0 fully saturated rings. The molecule has 0 aliphatic heterocycles. The van der Waals surface area contributed by atoms with E-state index < -0.39 is 0 Å². The van der Waals surface area contributed by atoms with Crippen molar-refractivity contribution in [1.29, 1.82) is 0 Å². The molecular formula is C24H27N5O3. The first-order valence-electron chi connectivity index (χ1n) is 10.5. The molecule has 4 aromatic rings. The number of nitrogens with one attached hydrogen (secondary N) is 1. The Balaban J connectivity index is 1.72. The third-order valence-electron chi connectivity index (χ3n) is 5.43. The maximum absolute atomic E-state index is 13.3. The van der Waals surface area contributed by atoms with Gasteiger partial charge in [0.1, 0.15) is 11.3 Å². The molecule has 1 amide bonds. The predicted octanol–water partition coefficient (Wildman–Crippen LogP) is 2.39. The minimum absolute atomic E-state index is 0.158. The van der Waals surface area contributed by atoms with E-state index in [9.17, 15) is 9.59 Å². The second-order valence-corrected chi connectivity index (χ2v) is 7.98. The van der Waals surface area contributed by atoms with Crippen LogP contribution in [-0.4, -0.2) is 59.3 Å². The van der Waals surface area contributed by atoms with Crippen LogP contribution in [0.5, 0.6) is 5.75 Å². The first kappa shape index (κ1) is 21.6. The van der Waals surface area contributed by atoms with Gasteiger partial charge in [-0.15, -0.1) is 0 Å². The van der Waals surface area contributed by atoms with Gasteiger partial charge in [0.25, 0.3) is 11.5 Å². The van der Waals surface area contributed by atoms with Gasteiger partial charge in [0.15, 0.2) is 0 Å². The molecule has 0 bridgehead atoms. The van der Waals surface area contributed by atoms with E-state index in [4.69, 9.17) is 4.74 Å². The zero-order valence-corrected chi connectivity index (χ0v) is 18.5. The number of hydrogen-bond donors (Lipinski definition) is 1. The Morgan fingerprint density at radius 2 is 1.84 bits per heavy atom. The zero-order chi connectivity index (χ0) is 22.7. The summed E-state index contributed by atoms with van der Waals surface area (Å²) < 4.78 is 8.55. The summed E-state index contributed by atoms with van der Waals surface area (Å²) in [6.45, 7) is 1.86. The largest absolute Gasteiger partial charge is 0.497 e. The zero-order valence-electron chi connectivity index (χ0n) is 18.5. The molecule has 0 aliphatic rings. The van der Waals surface area contributed by atoms with Crippen molar-refractivity contribution in [2.75, 3.05) is 34.3 Å². The highest BCUT2D eigenvalue weighted by Gasteiger charge is 2.15. The quantitative estimate of drug-likeness (QED) is 0.432. The second kappa shape index (κ2) is 9.23. The molecular weight excluding hydrogens is 406 g/mol. The highest BCUT2D eigenvalue weighted by atomic mass is 16.5. The average molecular weight is 434 g/mol. The lowest BCUT2D eigenvalue weighted by Gasteiger charge is -2.14. The lowest BCUT2D eigenvalue weighted by atomic mass is 10.1. The number of ether oxygens (including phenoxy) is 1. The van der Waals surface area contributed by atoms with E-state index in [-0.39, 0.29) is 11.5 Å². The summed E-state index contributed by atoms with van der Waals surface area (Å²) >= 11 is 0. The summed E-state index contributed by atoms with van der Waals surface area (Å²) in [4.78, 5) is 28.1. The Morgan fingerprint density at radius 3 is 2.56 bits per heavy atom. The van der Waals surface area contributed by atoms with Gasteiger partial charge in [0.05, 0.1) is 30.9 Å². The predicted molar refractivity (Wildman–Crippen MR) is 125 cm³/mol. The number of rotatable bonds is 8. The Kier molecular flexibility index (Phi) is 6.23. The summed E-state index contributed by atoms with van der Waals surface area (Å²) in [5.74, 6) is 0.597. The molecule has 0 saturated carbocycles. The molecule has 32 heavy (non-hydrogen) atoms. The van der Waals surface area contributed by atoms with Crippen molar-refractivity contribution in [2.45, 2.75) is 13.0 Å². The molecule has 8 heteroatoms. The van der Waals surface area contributed by atoms with Crippen molar-refractivity contribution in [3.63, 3.8) is 0 Å². The van der Waals surface area contributed by atoms with E-state index in [1.165, 1.54) is 0 Å². The van der Waals surface area contributed by atoms with Crippen molar-refractivity contribution in [1.82, 2.24) is 24.4 Å². The highest BCUT2D eigenvalue weighted by Crippen LogP contribution is 2.19. The van der Waals surface area contributed by atoms with E-state index in [0.29, 0.717) is 29.7 Å². The summed E-state index contributed by atoms with van der Waals surface area (Å²) in [5, 5.41) is 7.27. The van der Waals surface area contributed by atoms with Crippen molar-refractivity contribution in [3.8, 4) is 5.75 Å². The third kappa shape index (κ3) is 4.36. The third-order valence-corrected chi connectivity index (χ3v) is 5.43. The molecule has 2 heterocycles. The monoisotopic (exact) mass is 433 g/mol. The summed E-state index contributed by atoms with van der Waals surface area (Å²) in [6, 6.07) is 14.7. The minimum Gasteiger partial charge on any atom is -0.497 e. The summed E-state index contributed by atoms with van der Waals surface area (Å²) in [5.41, 5.74) is 3.22. The van der Waals surface area contributed by atoms with Gasteiger partial charge in [-0.2, -0.15) is 5.10 Å². The number of fused-ring (bicyclic) bond motifs is 3. The number of carbonyl (C=O) groups excluding carboxylic acids is 1. The first-order valence-corrected chi connectivity index (χ1v) is 10.5. The average Bonchev–Trinajstić information content (AvgIpc) is 3.29. The van der Waals surface area contributed by atoms with Crippen molar-refractivity contribution < 1.29 is 9.53 Å². The number of amides is 1. The number of carbonyl (C=O) groups is 1. The maximum Gasteiger partial charge on any atom is 0.277 e. The Bertz CT molecular complexity index is 1310. The molecule has 166 valence electrons. The molecule has 8 nitrogen and oxygen atoms in total. The standard InChI is InChI=1S/C24H27N5O3/c1-27(2)14-4-12-25-23(30)18-7-10-20-22(15-18)28(24(31)21-11-13-26-29(20)21)16-17-5-8-19(32-3)9-6-17/h5-11,13,15H,4,12,14,16H2,1-3H3,(H,25,30). The van der Waals surface area contributed by atoms with E-state index in [0.717, 1.165) is 29.8 Å². The van der Waals surface area contributed by atoms with Gasteiger partial charge >= 0.3 is 0 Å². The Hall–Kier alpha value is -3.65. The molecule has 0 atom stereocenters.